The molecule has 0 aliphatic heterocycles. The van der Waals surface area contributed by atoms with Crippen molar-refractivity contribution in [1.29, 1.82) is 0 Å². The Morgan fingerprint density at radius 1 is 0.870 bits per heavy atom. The van der Waals surface area contributed by atoms with E-state index in [1.165, 1.54) is 16.7 Å². The predicted molar refractivity (Wildman–Crippen MR) is 98.5 cm³/mol. The minimum absolute atomic E-state index is 0.897. The first-order valence-corrected chi connectivity index (χ1v) is 8.38. The number of aromatic nitrogens is 1. The fraction of sp³-hybridized carbons (Fsp3) is 0.158. The van der Waals surface area contributed by atoms with Crippen LogP contribution in [-0.2, 0) is 7.05 Å². The van der Waals surface area contributed by atoms with Crippen molar-refractivity contribution in [2.45, 2.75) is 13.8 Å². The lowest BCUT2D eigenvalue weighted by atomic mass is 10.0. The molecule has 0 atom stereocenters. The summed E-state index contributed by atoms with van der Waals surface area (Å²) in [6, 6.07) is 19.0. The van der Waals surface area contributed by atoms with Crippen LogP contribution in [0.25, 0.3) is 22.4 Å². The second-order valence-corrected chi connectivity index (χ2v) is 6.39. The van der Waals surface area contributed by atoms with E-state index in [1.807, 2.05) is 27.0 Å². The van der Waals surface area contributed by atoms with Gasteiger partial charge in [0.15, 0.2) is 0 Å². The Kier molecular flexibility index (Phi) is 4.53. The monoisotopic (exact) mass is 321 g/mol. The smallest absolute Gasteiger partial charge is 0.210 e. The number of hydrogen-bond acceptors (Lipinski definition) is 3. The highest BCUT2D eigenvalue weighted by molar-refractivity contribution is 7.07. The largest absolute Gasteiger partial charge is 0.318 e. The third-order valence-corrected chi connectivity index (χ3v) is 4.46. The lowest BCUT2D eigenvalue weighted by Gasteiger charge is -2.05. The third kappa shape index (κ3) is 3.48. The molecule has 0 aliphatic carbocycles. The van der Waals surface area contributed by atoms with E-state index in [9.17, 15) is 0 Å². The second kappa shape index (κ2) is 6.75. The average Bonchev–Trinajstić information content (AvgIpc) is 2.95. The number of benzene rings is 2. The highest BCUT2D eigenvalue weighted by Gasteiger charge is 2.05. The summed E-state index contributed by atoms with van der Waals surface area (Å²) in [4.78, 5) is 0.897. The molecule has 116 valence electrons. The summed E-state index contributed by atoms with van der Waals surface area (Å²) >= 11 is 1.60. The Balaban J connectivity index is 1.95. The molecule has 4 heteroatoms. The van der Waals surface area contributed by atoms with Gasteiger partial charge in [-0.25, -0.2) is 0 Å². The molecule has 1 aromatic heterocycles. The average molecular weight is 321 g/mol. The first-order valence-electron chi connectivity index (χ1n) is 7.50. The molecule has 0 bridgehead atoms. The molecule has 0 radical (unpaired) electrons. The van der Waals surface area contributed by atoms with E-state index in [0.29, 0.717) is 0 Å². The van der Waals surface area contributed by atoms with Gasteiger partial charge in [0.1, 0.15) is 0 Å². The predicted octanol–water partition coefficient (Wildman–Crippen LogP) is 4.72. The topological polar surface area (TPSA) is 29.6 Å². The van der Waals surface area contributed by atoms with Gasteiger partial charge in [0, 0.05) is 18.1 Å². The summed E-state index contributed by atoms with van der Waals surface area (Å²) in [5.74, 6) is 0. The molecule has 0 saturated heterocycles. The summed E-state index contributed by atoms with van der Waals surface area (Å²) in [5, 5.41) is 10.6. The van der Waals surface area contributed by atoms with Crippen molar-refractivity contribution >= 4 is 17.0 Å². The molecule has 0 spiro atoms. The van der Waals surface area contributed by atoms with Crippen LogP contribution < -0.4 is 4.80 Å². The maximum absolute atomic E-state index is 4.29. The van der Waals surface area contributed by atoms with E-state index in [0.717, 1.165) is 16.2 Å². The molecular formula is C19H19N3S. The Labute approximate surface area is 140 Å². The zero-order chi connectivity index (χ0) is 16.2. The van der Waals surface area contributed by atoms with Gasteiger partial charge in [0.25, 0.3) is 0 Å². The van der Waals surface area contributed by atoms with Crippen LogP contribution >= 0.6 is 11.3 Å². The standard InChI is InChI=1S/C19H19N3S/c1-14(2)20-21-19-22(3)18(13-23-19)17-11-9-16(10-12-17)15-7-5-4-6-8-15/h4-13H,1-3H3. The Bertz CT molecular complexity index is 880. The summed E-state index contributed by atoms with van der Waals surface area (Å²) in [7, 11) is 2.02. The van der Waals surface area contributed by atoms with Gasteiger partial charge in [-0.2, -0.15) is 5.10 Å². The quantitative estimate of drug-likeness (QED) is 0.494. The van der Waals surface area contributed by atoms with E-state index in [4.69, 9.17) is 0 Å². The van der Waals surface area contributed by atoms with Crippen LogP contribution in [0.2, 0.25) is 0 Å². The van der Waals surface area contributed by atoms with Gasteiger partial charge in [-0.15, -0.1) is 16.4 Å². The number of rotatable bonds is 3. The van der Waals surface area contributed by atoms with Gasteiger partial charge in [0.2, 0.25) is 4.80 Å². The Hall–Kier alpha value is -2.46. The van der Waals surface area contributed by atoms with Gasteiger partial charge >= 0.3 is 0 Å². The molecule has 3 aromatic rings. The van der Waals surface area contributed by atoms with Crippen LogP contribution in [0.15, 0.2) is 70.2 Å². The van der Waals surface area contributed by atoms with E-state index in [-0.39, 0.29) is 0 Å². The molecule has 3 nitrogen and oxygen atoms in total. The molecule has 0 amide bonds. The minimum Gasteiger partial charge on any atom is -0.318 e. The highest BCUT2D eigenvalue weighted by atomic mass is 32.1. The zero-order valence-electron chi connectivity index (χ0n) is 13.5. The third-order valence-electron chi connectivity index (χ3n) is 3.55. The zero-order valence-corrected chi connectivity index (χ0v) is 14.3. The fourth-order valence-corrected chi connectivity index (χ4v) is 3.18. The van der Waals surface area contributed by atoms with Crippen molar-refractivity contribution in [3.63, 3.8) is 0 Å². The van der Waals surface area contributed by atoms with E-state index in [2.05, 4.69) is 68.7 Å². The van der Waals surface area contributed by atoms with Gasteiger partial charge in [-0.1, -0.05) is 54.6 Å². The van der Waals surface area contributed by atoms with Crippen LogP contribution in [0.5, 0.6) is 0 Å². The Morgan fingerprint density at radius 2 is 1.48 bits per heavy atom. The number of thiazole rings is 1. The molecule has 2 aromatic carbocycles. The van der Waals surface area contributed by atoms with Gasteiger partial charge in [-0.3, -0.25) is 0 Å². The van der Waals surface area contributed by atoms with Crippen molar-refractivity contribution in [3.8, 4) is 22.4 Å². The van der Waals surface area contributed by atoms with Crippen LogP contribution in [0.1, 0.15) is 13.8 Å². The van der Waals surface area contributed by atoms with Gasteiger partial charge in [0.05, 0.1) is 5.69 Å². The molecule has 0 fully saturated rings. The number of hydrogen-bond donors (Lipinski definition) is 0. The second-order valence-electron chi connectivity index (χ2n) is 5.55. The molecule has 0 aliphatic rings. The van der Waals surface area contributed by atoms with Crippen molar-refractivity contribution in [2.75, 3.05) is 0 Å². The molecule has 0 unspecified atom stereocenters. The van der Waals surface area contributed by atoms with Crippen molar-refractivity contribution in [3.05, 3.63) is 64.8 Å². The van der Waals surface area contributed by atoms with Crippen molar-refractivity contribution in [2.24, 2.45) is 17.3 Å². The maximum atomic E-state index is 4.29. The normalized spacial score (nSPS) is 11.5. The molecule has 0 N–H and O–H groups in total. The van der Waals surface area contributed by atoms with Crippen LogP contribution in [0.4, 0.5) is 0 Å². The van der Waals surface area contributed by atoms with Gasteiger partial charge in [-0.05, 0) is 30.5 Å². The Morgan fingerprint density at radius 3 is 2.13 bits per heavy atom. The molecule has 23 heavy (non-hydrogen) atoms. The van der Waals surface area contributed by atoms with E-state index in [1.54, 1.807) is 11.3 Å². The summed E-state index contributed by atoms with van der Waals surface area (Å²) in [5.41, 5.74) is 5.74. The summed E-state index contributed by atoms with van der Waals surface area (Å²) in [6.45, 7) is 3.89. The molecular weight excluding hydrogens is 302 g/mol. The lowest BCUT2D eigenvalue weighted by molar-refractivity contribution is 0.862. The van der Waals surface area contributed by atoms with Crippen LogP contribution in [-0.4, -0.2) is 10.3 Å². The lowest BCUT2D eigenvalue weighted by Crippen LogP contribution is -2.10. The minimum atomic E-state index is 0.897. The van der Waals surface area contributed by atoms with Gasteiger partial charge < -0.3 is 4.57 Å². The SMILES string of the molecule is CC(C)=NN=c1scc(-c2ccc(-c3ccccc3)cc2)n1C. The maximum Gasteiger partial charge on any atom is 0.210 e. The summed E-state index contributed by atoms with van der Waals surface area (Å²) < 4.78 is 2.08. The first kappa shape index (κ1) is 15.4. The van der Waals surface area contributed by atoms with Crippen molar-refractivity contribution in [1.82, 2.24) is 4.57 Å². The van der Waals surface area contributed by atoms with Crippen molar-refractivity contribution < 1.29 is 0 Å². The van der Waals surface area contributed by atoms with E-state index >= 15 is 0 Å². The first-order chi connectivity index (χ1) is 11.1. The van der Waals surface area contributed by atoms with Crippen LogP contribution in [0.3, 0.4) is 0 Å². The molecule has 1 heterocycles. The number of nitrogens with zero attached hydrogens (tertiary/aromatic N) is 3. The van der Waals surface area contributed by atoms with E-state index < -0.39 is 0 Å². The molecule has 3 rings (SSSR count). The molecule has 0 saturated carbocycles. The summed E-state index contributed by atoms with van der Waals surface area (Å²) in [6.07, 6.45) is 0. The highest BCUT2D eigenvalue weighted by Crippen LogP contribution is 2.24. The van der Waals surface area contributed by atoms with Crippen LogP contribution in [0, 0.1) is 0 Å². The fourth-order valence-electron chi connectivity index (χ4n) is 2.33.